The highest BCUT2D eigenvalue weighted by molar-refractivity contribution is 7.99. The van der Waals surface area contributed by atoms with Crippen LogP contribution >= 0.6 is 11.8 Å². The van der Waals surface area contributed by atoms with Crippen molar-refractivity contribution in [2.45, 2.75) is 4.90 Å². The third kappa shape index (κ3) is 2.61. The summed E-state index contributed by atoms with van der Waals surface area (Å²) in [6.07, 6.45) is 1.16. The van der Waals surface area contributed by atoms with Crippen molar-refractivity contribution >= 4 is 32.8 Å². The van der Waals surface area contributed by atoms with Gasteiger partial charge >= 0.3 is 5.69 Å². The van der Waals surface area contributed by atoms with Crippen molar-refractivity contribution in [3.8, 4) is 0 Å². The van der Waals surface area contributed by atoms with E-state index >= 15 is 0 Å². The van der Waals surface area contributed by atoms with Crippen molar-refractivity contribution in [2.24, 2.45) is 0 Å². The molecule has 21 heavy (non-hydrogen) atoms. The second-order valence-electron chi connectivity index (χ2n) is 4.49. The summed E-state index contributed by atoms with van der Waals surface area (Å²) in [5.74, 6) is 1.49. The molecule has 3 rings (SSSR count). The van der Waals surface area contributed by atoms with Gasteiger partial charge in [-0.2, -0.15) is 16.1 Å². The number of aromatic amines is 2. The molecule has 0 bridgehead atoms. The average Bonchev–Trinajstić information content (AvgIpc) is 2.47. The third-order valence-electron chi connectivity index (χ3n) is 3.17. The fourth-order valence-corrected chi connectivity index (χ4v) is 4.65. The summed E-state index contributed by atoms with van der Waals surface area (Å²) in [5, 5.41) is 0.0436. The minimum Gasteiger partial charge on any atom is -0.291 e. The number of nitrogens with one attached hydrogen (secondary N) is 2. The summed E-state index contributed by atoms with van der Waals surface area (Å²) in [4.78, 5) is 31.1. The molecule has 0 radical (unpaired) electrons. The van der Waals surface area contributed by atoms with Gasteiger partial charge in [-0.15, -0.1) is 0 Å². The summed E-state index contributed by atoms with van der Waals surface area (Å²) < 4.78 is 26.4. The predicted octanol–water partition coefficient (Wildman–Crippen LogP) is -0.651. The molecule has 1 aliphatic rings. The van der Waals surface area contributed by atoms with Crippen LogP contribution in [0.15, 0.2) is 26.7 Å². The topological polar surface area (TPSA) is 116 Å². The van der Waals surface area contributed by atoms with Gasteiger partial charge in [0.05, 0.1) is 5.39 Å². The molecule has 2 aromatic heterocycles. The standard InChI is InChI=1S/C11H12N4O4S2/c16-10-8-5-7(6-12-9(8)13-11(17)14-10)21(18,19)15-1-3-20-4-2-15/h5-6H,1-4H2,(H2,12,13,14,16,17). The molecule has 2 N–H and O–H groups in total. The van der Waals surface area contributed by atoms with Crippen molar-refractivity contribution in [3.63, 3.8) is 0 Å². The molecule has 0 aromatic carbocycles. The summed E-state index contributed by atoms with van der Waals surface area (Å²) in [6.45, 7) is 0.875. The van der Waals surface area contributed by atoms with Gasteiger partial charge in [0, 0.05) is 30.8 Å². The lowest BCUT2D eigenvalue weighted by Gasteiger charge is -2.25. The number of H-pyrrole nitrogens is 2. The first-order valence-corrected chi connectivity index (χ1v) is 8.78. The highest BCUT2D eigenvalue weighted by atomic mass is 32.2. The van der Waals surface area contributed by atoms with Gasteiger partial charge in [0.1, 0.15) is 10.5 Å². The van der Waals surface area contributed by atoms with Crippen LogP contribution in [-0.2, 0) is 10.0 Å². The molecule has 3 heterocycles. The maximum atomic E-state index is 12.5. The number of hydrogen-bond acceptors (Lipinski definition) is 6. The Balaban J connectivity index is 2.12. The molecule has 10 heteroatoms. The van der Waals surface area contributed by atoms with E-state index in [2.05, 4.69) is 15.0 Å². The Morgan fingerprint density at radius 3 is 2.62 bits per heavy atom. The van der Waals surface area contributed by atoms with Crippen molar-refractivity contribution in [1.29, 1.82) is 0 Å². The Bertz CT molecular complexity index is 896. The fourth-order valence-electron chi connectivity index (χ4n) is 2.10. The zero-order valence-electron chi connectivity index (χ0n) is 10.8. The zero-order valence-corrected chi connectivity index (χ0v) is 12.5. The maximum Gasteiger partial charge on any atom is 0.327 e. The maximum absolute atomic E-state index is 12.5. The molecular formula is C11H12N4O4S2. The summed E-state index contributed by atoms with van der Waals surface area (Å²) in [5.41, 5.74) is -1.27. The lowest BCUT2D eigenvalue weighted by Crippen LogP contribution is -2.38. The van der Waals surface area contributed by atoms with Crippen LogP contribution in [0.4, 0.5) is 0 Å². The minimum absolute atomic E-state index is 0.0422. The second kappa shape index (κ2) is 5.28. The van der Waals surface area contributed by atoms with E-state index in [-0.39, 0.29) is 15.9 Å². The highest BCUT2D eigenvalue weighted by Gasteiger charge is 2.27. The number of pyridine rings is 1. The molecular weight excluding hydrogens is 316 g/mol. The van der Waals surface area contributed by atoms with Crippen LogP contribution in [0.25, 0.3) is 11.0 Å². The Morgan fingerprint density at radius 2 is 1.90 bits per heavy atom. The summed E-state index contributed by atoms with van der Waals surface area (Å²) >= 11 is 1.70. The SMILES string of the molecule is O=c1[nH]c(=O)c2cc(S(=O)(=O)N3CCSCC3)cnc2[nH]1. The fraction of sp³-hybridized carbons (Fsp3) is 0.364. The smallest absolute Gasteiger partial charge is 0.291 e. The largest absolute Gasteiger partial charge is 0.327 e. The molecule has 0 atom stereocenters. The summed E-state index contributed by atoms with van der Waals surface area (Å²) in [6, 6.07) is 1.24. The Morgan fingerprint density at radius 1 is 1.19 bits per heavy atom. The number of aromatic nitrogens is 3. The number of hydrogen-bond donors (Lipinski definition) is 2. The van der Waals surface area contributed by atoms with E-state index < -0.39 is 21.3 Å². The second-order valence-corrected chi connectivity index (χ2v) is 7.65. The first-order chi connectivity index (χ1) is 9.98. The number of thioether (sulfide) groups is 1. The van der Waals surface area contributed by atoms with Crippen LogP contribution in [0.1, 0.15) is 0 Å². The van der Waals surface area contributed by atoms with Crippen LogP contribution in [0, 0.1) is 0 Å². The number of fused-ring (bicyclic) bond motifs is 1. The number of rotatable bonds is 2. The van der Waals surface area contributed by atoms with Gasteiger partial charge in [-0.25, -0.2) is 18.2 Å². The quantitative estimate of drug-likeness (QED) is 0.757. The number of sulfonamides is 1. The lowest BCUT2D eigenvalue weighted by atomic mass is 10.3. The van der Waals surface area contributed by atoms with Gasteiger partial charge < -0.3 is 0 Å². The van der Waals surface area contributed by atoms with Gasteiger partial charge in [-0.3, -0.25) is 14.8 Å². The van der Waals surface area contributed by atoms with E-state index in [1.807, 2.05) is 0 Å². The highest BCUT2D eigenvalue weighted by Crippen LogP contribution is 2.20. The van der Waals surface area contributed by atoms with Crippen LogP contribution in [0.2, 0.25) is 0 Å². The third-order valence-corrected chi connectivity index (χ3v) is 5.98. The van der Waals surface area contributed by atoms with Crippen LogP contribution < -0.4 is 11.2 Å². The first kappa shape index (κ1) is 14.3. The molecule has 0 amide bonds. The Hall–Kier alpha value is -1.65. The van der Waals surface area contributed by atoms with Gasteiger partial charge in [-0.05, 0) is 6.07 Å². The van der Waals surface area contributed by atoms with E-state index in [1.54, 1.807) is 11.8 Å². The van der Waals surface area contributed by atoms with Gasteiger partial charge in [-0.1, -0.05) is 0 Å². The van der Waals surface area contributed by atoms with Crippen LogP contribution in [-0.4, -0.2) is 52.3 Å². The van der Waals surface area contributed by atoms with Crippen molar-refractivity contribution < 1.29 is 8.42 Å². The first-order valence-electron chi connectivity index (χ1n) is 6.19. The molecule has 1 saturated heterocycles. The van der Waals surface area contributed by atoms with E-state index in [0.29, 0.717) is 13.1 Å². The Kier molecular flexibility index (Phi) is 3.59. The van der Waals surface area contributed by atoms with Crippen molar-refractivity contribution in [2.75, 3.05) is 24.6 Å². The minimum atomic E-state index is -3.67. The summed E-state index contributed by atoms with van der Waals surface area (Å²) in [7, 11) is -3.67. The molecule has 0 unspecified atom stereocenters. The molecule has 8 nitrogen and oxygen atoms in total. The van der Waals surface area contributed by atoms with Crippen molar-refractivity contribution in [3.05, 3.63) is 33.1 Å². The van der Waals surface area contributed by atoms with Gasteiger partial charge in [0.15, 0.2) is 0 Å². The Labute approximate surface area is 123 Å². The molecule has 0 spiro atoms. The van der Waals surface area contributed by atoms with Crippen LogP contribution in [0.5, 0.6) is 0 Å². The molecule has 112 valence electrons. The molecule has 1 aliphatic heterocycles. The van der Waals surface area contributed by atoms with Gasteiger partial charge in [0.25, 0.3) is 5.56 Å². The monoisotopic (exact) mass is 328 g/mol. The lowest BCUT2D eigenvalue weighted by molar-refractivity contribution is 0.443. The number of nitrogens with zero attached hydrogens (tertiary/aromatic N) is 2. The average molecular weight is 328 g/mol. The van der Waals surface area contributed by atoms with Crippen LogP contribution in [0.3, 0.4) is 0 Å². The molecule has 0 saturated carbocycles. The van der Waals surface area contributed by atoms with E-state index in [1.165, 1.54) is 10.4 Å². The van der Waals surface area contributed by atoms with E-state index in [0.717, 1.165) is 17.7 Å². The molecule has 1 fully saturated rings. The predicted molar refractivity (Wildman–Crippen MR) is 79.1 cm³/mol. The van der Waals surface area contributed by atoms with Gasteiger partial charge in [0.2, 0.25) is 10.0 Å². The van der Waals surface area contributed by atoms with E-state index in [9.17, 15) is 18.0 Å². The zero-order chi connectivity index (χ0) is 15.0. The molecule has 2 aromatic rings. The molecule has 0 aliphatic carbocycles. The van der Waals surface area contributed by atoms with E-state index in [4.69, 9.17) is 0 Å². The normalized spacial score (nSPS) is 17.1. The van der Waals surface area contributed by atoms with Crippen molar-refractivity contribution in [1.82, 2.24) is 19.3 Å².